The van der Waals surface area contributed by atoms with Crippen molar-refractivity contribution in [2.24, 2.45) is 4.99 Å². The zero-order valence-electron chi connectivity index (χ0n) is 17.4. The highest BCUT2D eigenvalue weighted by atomic mass is 19.4. The van der Waals surface area contributed by atoms with Crippen molar-refractivity contribution in [1.29, 1.82) is 0 Å². The van der Waals surface area contributed by atoms with E-state index in [2.05, 4.69) is 27.2 Å². The maximum atomic E-state index is 11.1. The Kier molecular flexibility index (Phi) is 10.8. The van der Waals surface area contributed by atoms with Gasteiger partial charge in [0.15, 0.2) is 5.96 Å². The predicted molar refractivity (Wildman–Crippen MR) is 109 cm³/mol. The molecule has 0 unspecified atom stereocenters. The summed E-state index contributed by atoms with van der Waals surface area (Å²) < 4.78 is 36.8. The molecule has 1 saturated heterocycles. The molecule has 0 bridgehead atoms. The number of methoxy groups -OCH3 is 1. The molecule has 3 N–H and O–H groups in total. The Hall–Kier alpha value is -2.86. The number of rotatable bonds is 6. The quantitative estimate of drug-likeness (QED) is 0.344. The summed E-state index contributed by atoms with van der Waals surface area (Å²) in [5, 5.41) is 19.5. The molecule has 1 aliphatic rings. The minimum Gasteiger partial charge on any atom is -0.478 e. The molecule has 0 radical (unpaired) electrons. The lowest BCUT2D eigenvalue weighted by molar-refractivity contribution is -0.192. The van der Waals surface area contributed by atoms with Crippen molar-refractivity contribution in [3.05, 3.63) is 29.8 Å². The largest absolute Gasteiger partial charge is 0.490 e. The van der Waals surface area contributed by atoms with Gasteiger partial charge in [-0.15, -0.1) is 0 Å². The van der Waals surface area contributed by atoms with Crippen molar-refractivity contribution < 1.29 is 37.7 Å². The highest BCUT2D eigenvalue weighted by Gasteiger charge is 2.38. The summed E-state index contributed by atoms with van der Waals surface area (Å²) in [5.74, 6) is -2.90. The van der Waals surface area contributed by atoms with Gasteiger partial charge in [-0.2, -0.15) is 13.2 Å². The van der Waals surface area contributed by atoms with Crippen LogP contribution in [-0.4, -0.2) is 97.6 Å². The first-order valence-corrected chi connectivity index (χ1v) is 9.42. The van der Waals surface area contributed by atoms with Gasteiger partial charge >= 0.3 is 18.1 Å². The van der Waals surface area contributed by atoms with E-state index < -0.39 is 18.1 Å². The number of aliphatic carboxylic acids is 1. The first-order chi connectivity index (χ1) is 14.5. The average Bonchev–Trinajstić information content (AvgIpc) is 2.71. The van der Waals surface area contributed by atoms with E-state index in [0.717, 1.165) is 44.2 Å². The van der Waals surface area contributed by atoms with Crippen LogP contribution < -0.4 is 5.32 Å². The minimum atomic E-state index is -5.08. The Labute approximate surface area is 178 Å². The van der Waals surface area contributed by atoms with Crippen LogP contribution in [0.1, 0.15) is 16.8 Å². The molecule has 0 atom stereocenters. The number of guanidine groups is 1. The lowest BCUT2D eigenvalue weighted by Gasteiger charge is -2.34. The zero-order valence-corrected chi connectivity index (χ0v) is 17.4. The number of piperazine rings is 1. The average molecular weight is 448 g/mol. The standard InChI is InChI=1S/C17H26N4O3.C2HF3O2/c1-20-8-10-21(11-9-20)17(18-7-4-12-24-2)19-15-6-3-5-14(13-15)16(22)23;3-2(4,5)1(6)7/h3,5-6,13H,4,7-12H2,1-2H3,(H,18,19)(H,22,23);(H,6,7). The number of carbonyl (C=O) groups is 2. The lowest BCUT2D eigenvalue weighted by atomic mass is 10.2. The van der Waals surface area contributed by atoms with Crippen LogP contribution in [0.15, 0.2) is 29.3 Å². The fraction of sp³-hybridized carbons (Fsp3) is 0.526. The van der Waals surface area contributed by atoms with E-state index in [1.54, 1.807) is 25.3 Å². The summed E-state index contributed by atoms with van der Waals surface area (Å²) in [7, 11) is 3.79. The van der Waals surface area contributed by atoms with E-state index >= 15 is 0 Å². The van der Waals surface area contributed by atoms with E-state index in [9.17, 15) is 18.0 Å². The SMILES string of the molecule is COCCCN=C(Nc1cccc(C(=O)O)c1)N1CCN(C)CC1.O=C(O)C(F)(F)F. The molecular weight excluding hydrogens is 421 g/mol. The number of carboxylic acids is 2. The number of aliphatic imine (C=N–C) groups is 1. The Morgan fingerprint density at radius 2 is 1.81 bits per heavy atom. The number of aromatic carboxylic acids is 1. The van der Waals surface area contributed by atoms with Crippen molar-refractivity contribution in [2.45, 2.75) is 12.6 Å². The van der Waals surface area contributed by atoms with Gasteiger partial charge < -0.3 is 30.1 Å². The number of nitrogens with one attached hydrogen (secondary N) is 1. The third-order valence-electron chi connectivity index (χ3n) is 4.18. The summed E-state index contributed by atoms with van der Waals surface area (Å²) >= 11 is 0. The number of carboxylic acid groups (broad SMARTS) is 2. The van der Waals surface area contributed by atoms with Crippen molar-refractivity contribution in [3.8, 4) is 0 Å². The Bertz CT molecular complexity index is 750. The molecular formula is C19H27F3N4O5. The highest BCUT2D eigenvalue weighted by Crippen LogP contribution is 2.13. The van der Waals surface area contributed by atoms with Gasteiger partial charge in [-0.05, 0) is 31.7 Å². The number of alkyl halides is 3. The van der Waals surface area contributed by atoms with Gasteiger partial charge in [-0.25, -0.2) is 9.59 Å². The van der Waals surface area contributed by atoms with Crippen LogP contribution in [0, 0.1) is 0 Å². The van der Waals surface area contributed by atoms with E-state index in [1.807, 2.05) is 6.07 Å². The topological polar surface area (TPSA) is 115 Å². The van der Waals surface area contributed by atoms with Gasteiger partial charge in [0.2, 0.25) is 0 Å². The van der Waals surface area contributed by atoms with Gasteiger partial charge in [0.05, 0.1) is 5.56 Å². The molecule has 1 aliphatic heterocycles. The minimum absolute atomic E-state index is 0.261. The smallest absolute Gasteiger partial charge is 0.478 e. The third-order valence-corrected chi connectivity index (χ3v) is 4.18. The summed E-state index contributed by atoms with van der Waals surface area (Å²) in [6, 6.07) is 6.80. The van der Waals surface area contributed by atoms with Gasteiger partial charge in [-0.3, -0.25) is 4.99 Å². The van der Waals surface area contributed by atoms with E-state index in [4.69, 9.17) is 19.7 Å². The Morgan fingerprint density at radius 1 is 1.19 bits per heavy atom. The Morgan fingerprint density at radius 3 is 2.32 bits per heavy atom. The monoisotopic (exact) mass is 448 g/mol. The van der Waals surface area contributed by atoms with E-state index in [-0.39, 0.29) is 5.56 Å². The third kappa shape index (κ3) is 10.1. The molecule has 9 nitrogen and oxygen atoms in total. The van der Waals surface area contributed by atoms with Crippen molar-refractivity contribution in [3.63, 3.8) is 0 Å². The summed E-state index contributed by atoms with van der Waals surface area (Å²) in [6.45, 7) is 5.09. The van der Waals surface area contributed by atoms with Crippen LogP contribution in [0.25, 0.3) is 0 Å². The van der Waals surface area contributed by atoms with Crippen LogP contribution in [0.2, 0.25) is 0 Å². The summed E-state index contributed by atoms with van der Waals surface area (Å²) in [5.41, 5.74) is 0.997. The normalized spacial score (nSPS) is 15.1. The number of benzene rings is 1. The number of anilines is 1. The molecule has 1 aromatic carbocycles. The number of nitrogens with zero attached hydrogens (tertiary/aromatic N) is 3. The predicted octanol–water partition coefficient (Wildman–Crippen LogP) is 2.07. The molecule has 0 spiro atoms. The van der Waals surface area contributed by atoms with Crippen LogP contribution in [-0.2, 0) is 9.53 Å². The van der Waals surface area contributed by atoms with Gasteiger partial charge in [0.1, 0.15) is 0 Å². The van der Waals surface area contributed by atoms with Crippen molar-refractivity contribution in [2.75, 3.05) is 58.8 Å². The fourth-order valence-electron chi connectivity index (χ4n) is 2.49. The molecule has 1 fully saturated rings. The fourth-order valence-corrected chi connectivity index (χ4v) is 2.49. The van der Waals surface area contributed by atoms with Gasteiger partial charge in [-0.1, -0.05) is 6.07 Å². The molecule has 174 valence electrons. The lowest BCUT2D eigenvalue weighted by Crippen LogP contribution is -2.49. The van der Waals surface area contributed by atoms with Crippen LogP contribution in [0.4, 0.5) is 18.9 Å². The number of hydrogen-bond acceptors (Lipinski definition) is 5. The molecule has 2 rings (SSSR count). The second-order valence-electron chi connectivity index (χ2n) is 6.66. The maximum Gasteiger partial charge on any atom is 0.490 e. The first kappa shape index (κ1) is 26.2. The molecule has 0 saturated carbocycles. The maximum absolute atomic E-state index is 11.1. The van der Waals surface area contributed by atoms with Crippen LogP contribution >= 0.6 is 0 Å². The molecule has 0 amide bonds. The Balaban J connectivity index is 0.000000592. The van der Waals surface area contributed by atoms with E-state index in [0.29, 0.717) is 13.2 Å². The van der Waals surface area contributed by atoms with E-state index in [1.165, 1.54) is 0 Å². The molecule has 1 heterocycles. The number of ether oxygens (including phenoxy) is 1. The summed E-state index contributed by atoms with van der Waals surface area (Å²) in [4.78, 5) is 29.2. The van der Waals surface area contributed by atoms with Crippen molar-refractivity contribution in [1.82, 2.24) is 9.80 Å². The number of halogens is 3. The summed E-state index contributed by atoms with van der Waals surface area (Å²) in [6.07, 6.45) is -4.23. The van der Waals surface area contributed by atoms with Gasteiger partial charge in [0.25, 0.3) is 0 Å². The second kappa shape index (κ2) is 12.7. The molecule has 12 heteroatoms. The number of hydrogen-bond donors (Lipinski definition) is 3. The van der Waals surface area contributed by atoms with Gasteiger partial charge in [0, 0.05) is 52.1 Å². The molecule has 0 aliphatic carbocycles. The molecule has 0 aromatic heterocycles. The van der Waals surface area contributed by atoms with Crippen LogP contribution in [0.5, 0.6) is 0 Å². The second-order valence-corrected chi connectivity index (χ2v) is 6.66. The first-order valence-electron chi connectivity index (χ1n) is 9.42. The highest BCUT2D eigenvalue weighted by molar-refractivity contribution is 5.95. The van der Waals surface area contributed by atoms with Crippen molar-refractivity contribution >= 4 is 23.6 Å². The molecule has 31 heavy (non-hydrogen) atoms. The number of likely N-dealkylation sites (N-methyl/N-ethyl adjacent to an activating group) is 1. The van der Waals surface area contributed by atoms with Crippen LogP contribution in [0.3, 0.4) is 0 Å². The zero-order chi connectivity index (χ0) is 23.4. The molecule has 1 aromatic rings.